The molecule has 0 saturated carbocycles. The minimum Gasteiger partial charge on any atom is -0.463 e. The molecule has 33 heavy (non-hydrogen) atoms. The predicted octanol–water partition coefficient (Wildman–Crippen LogP) is 5.49. The molecule has 1 aliphatic heterocycles. The van der Waals surface area contributed by atoms with Gasteiger partial charge in [0.05, 0.1) is 6.61 Å². The van der Waals surface area contributed by atoms with Crippen molar-refractivity contribution < 1.29 is 23.7 Å². The highest BCUT2D eigenvalue weighted by atomic mass is 16.8. The molecule has 2 unspecified atom stereocenters. The van der Waals surface area contributed by atoms with Gasteiger partial charge in [0.25, 0.3) is 0 Å². The van der Waals surface area contributed by atoms with Gasteiger partial charge in [-0.3, -0.25) is 0 Å². The molecule has 3 rings (SSSR count). The van der Waals surface area contributed by atoms with E-state index in [9.17, 15) is 4.79 Å². The van der Waals surface area contributed by atoms with Gasteiger partial charge in [0.1, 0.15) is 11.9 Å². The molecule has 7 heteroatoms. The Hall–Kier alpha value is -2.77. The van der Waals surface area contributed by atoms with E-state index < -0.39 is 24.0 Å². The third kappa shape index (κ3) is 7.37. The first-order valence-corrected chi connectivity index (χ1v) is 11.7. The summed E-state index contributed by atoms with van der Waals surface area (Å²) in [4.78, 5) is 21.1. The summed E-state index contributed by atoms with van der Waals surface area (Å²) in [7, 11) is 0. The second-order valence-electron chi connectivity index (χ2n) is 8.57. The van der Waals surface area contributed by atoms with Crippen molar-refractivity contribution in [1.29, 1.82) is 0 Å². The Morgan fingerprint density at radius 1 is 1.03 bits per heavy atom. The van der Waals surface area contributed by atoms with Gasteiger partial charge in [-0.1, -0.05) is 57.2 Å². The van der Waals surface area contributed by atoms with Crippen molar-refractivity contribution in [3.8, 4) is 22.9 Å². The largest absolute Gasteiger partial charge is 0.463 e. The number of carbonyl (C=O) groups is 1. The van der Waals surface area contributed by atoms with Gasteiger partial charge in [-0.05, 0) is 38.0 Å². The van der Waals surface area contributed by atoms with Crippen LogP contribution in [0.1, 0.15) is 59.3 Å². The van der Waals surface area contributed by atoms with Gasteiger partial charge in [0.2, 0.25) is 0 Å². The van der Waals surface area contributed by atoms with Crippen LogP contribution in [-0.4, -0.2) is 40.5 Å². The van der Waals surface area contributed by atoms with Crippen molar-refractivity contribution in [2.75, 3.05) is 6.61 Å². The van der Waals surface area contributed by atoms with Crippen molar-refractivity contribution in [3.63, 3.8) is 0 Å². The number of rotatable bonds is 12. The van der Waals surface area contributed by atoms with E-state index in [0.29, 0.717) is 18.4 Å². The molecule has 0 spiro atoms. The van der Waals surface area contributed by atoms with E-state index in [-0.39, 0.29) is 0 Å². The second kappa shape index (κ2) is 11.9. The van der Waals surface area contributed by atoms with Crippen LogP contribution >= 0.6 is 0 Å². The second-order valence-corrected chi connectivity index (χ2v) is 8.57. The van der Waals surface area contributed by atoms with E-state index in [1.54, 1.807) is 44.4 Å². The van der Waals surface area contributed by atoms with Gasteiger partial charge in [-0.2, -0.15) is 0 Å². The molecular formula is C26H34N2O5. The van der Waals surface area contributed by atoms with Gasteiger partial charge in [-0.15, -0.1) is 6.58 Å². The maximum Gasteiger partial charge on any atom is 0.343 e. The van der Waals surface area contributed by atoms with E-state index in [1.807, 2.05) is 12.1 Å². The van der Waals surface area contributed by atoms with Gasteiger partial charge in [0, 0.05) is 18.0 Å². The molecule has 1 saturated heterocycles. The number of hydrogen-bond acceptors (Lipinski definition) is 7. The van der Waals surface area contributed by atoms with Crippen LogP contribution in [0.25, 0.3) is 11.1 Å². The number of esters is 1. The van der Waals surface area contributed by atoms with Crippen molar-refractivity contribution >= 4 is 5.97 Å². The standard InChI is InChI=1S/C26H34N2O5/c1-5-7-8-9-10-11-16-30-25-27-17-20(18-28-25)19-12-14-21(15-13-19)31-24(29)23-22(6-2)32-26(3,4)33-23/h6,12-15,17-18,22-23H,2,5,7-11,16H2,1,3-4H3. The number of aromatic nitrogens is 2. The van der Waals surface area contributed by atoms with Gasteiger partial charge >= 0.3 is 12.0 Å². The Labute approximate surface area is 196 Å². The van der Waals surface area contributed by atoms with Crippen LogP contribution in [0, 0.1) is 0 Å². The minimum atomic E-state index is -0.864. The molecule has 2 aromatic rings. The van der Waals surface area contributed by atoms with Gasteiger partial charge < -0.3 is 18.9 Å². The van der Waals surface area contributed by atoms with Gasteiger partial charge in [-0.25, -0.2) is 14.8 Å². The van der Waals surface area contributed by atoms with Crippen molar-refractivity contribution in [1.82, 2.24) is 9.97 Å². The van der Waals surface area contributed by atoms with Crippen LogP contribution in [0.15, 0.2) is 49.3 Å². The number of carbonyl (C=O) groups excluding carboxylic acids is 1. The first-order valence-electron chi connectivity index (χ1n) is 11.7. The lowest BCUT2D eigenvalue weighted by Gasteiger charge is -2.16. The number of ether oxygens (including phenoxy) is 4. The molecule has 2 heterocycles. The fraction of sp³-hybridized carbons (Fsp3) is 0.500. The van der Waals surface area contributed by atoms with E-state index in [2.05, 4.69) is 23.5 Å². The third-order valence-electron chi connectivity index (χ3n) is 5.36. The minimum absolute atomic E-state index is 0.385. The molecule has 0 radical (unpaired) electrons. The molecule has 0 aliphatic carbocycles. The normalized spacial score (nSPS) is 19.2. The van der Waals surface area contributed by atoms with E-state index in [4.69, 9.17) is 18.9 Å². The van der Waals surface area contributed by atoms with Crippen LogP contribution in [-0.2, 0) is 14.3 Å². The highest BCUT2D eigenvalue weighted by Crippen LogP contribution is 2.30. The fourth-order valence-corrected chi connectivity index (χ4v) is 3.62. The molecule has 1 aromatic carbocycles. The average Bonchev–Trinajstić information content (AvgIpc) is 3.14. The molecule has 0 bridgehead atoms. The Morgan fingerprint density at radius 3 is 2.36 bits per heavy atom. The molecule has 1 aromatic heterocycles. The Morgan fingerprint density at radius 2 is 1.70 bits per heavy atom. The fourth-order valence-electron chi connectivity index (χ4n) is 3.62. The SMILES string of the molecule is C=CC1OC(C)(C)OC1C(=O)Oc1ccc(-c2cnc(OCCCCCCCC)nc2)cc1. The zero-order valence-corrected chi connectivity index (χ0v) is 19.8. The molecule has 0 N–H and O–H groups in total. The zero-order valence-electron chi connectivity index (χ0n) is 19.8. The molecular weight excluding hydrogens is 420 g/mol. The Bertz CT molecular complexity index is 896. The molecule has 2 atom stereocenters. The molecule has 1 aliphatic rings. The third-order valence-corrected chi connectivity index (χ3v) is 5.36. The van der Waals surface area contributed by atoms with Crippen LogP contribution in [0.5, 0.6) is 11.8 Å². The number of hydrogen-bond donors (Lipinski definition) is 0. The molecule has 7 nitrogen and oxygen atoms in total. The average molecular weight is 455 g/mol. The summed E-state index contributed by atoms with van der Waals surface area (Å²) >= 11 is 0. The first kappa shape index (κ1) is 24.9. The Balaban J connectivity index is 1.48. The lowest BCUT2D eigenvalue weighted by atomic mass is 10.1. The number of nitrogens with zero attached hydrogens (tertiary/aromatic N) is 2. The topological polar surface area (TPSA) is 79.8 Å². The first-order chi connectivity index (χ1) is 15.9. The summed E-state index contributed by atoms with van der Waals surface area (Å²) in [6.45, 7) is 10.0. The lowest BCUT2D eigenvalue weighted by molar-refractivity contribution is -0.163. The summed E-state index contributed by atoms with van der Waals surface area (Å²) in [5, 5.41) is 0. The summed E-state index contributed by atoms with van der Waals surface area (Å²) in [5.41, 5.74) is 1.75. The quantitative estimate of drug-likeness (QED) is 0.181. The summed E-state index contributed by atoms with van der Waals surface area (Å²) < 4.78 is 22.4. The van der Waals surface area contributed by atoms with E-state index >= 15 is 0 Å². The Kier molecular flexibility index (Phi) is 8.97. The lowest BCUT2D eigenvalue weighted by Crippen LogP contribution is -2.34. The van der Waals surface area contributed by atoms with Crippen molar-refractivity contribution in [2.24, 2.45) is 0 Å². The molecule has 1 fully saturated rings. The molecule has 0 amide bonds. The van der Waals surface area contributed by atoms with E-state index in [1.165, 1.54) is 32.1 Å². The molecule has 178 valence electrons. The number of benzene rings is 1. The summed E-state index contributed by atoms with van der Waals surface area (Å²) in [5.74, 6) is -0.968. The van der Waals surface area contributed by atoms with Crippen LogP contribution in [0.4, 0.5) is 0 Å². The summed E-state index contributed by atoms with van der Waals surface area (Å²) in [6, 6.07) is 7.52. The van der Waals surface area contributed by atoms with Crippen LogP contribution in [0.3, 0.4) is 0 Å². The maximum absolute atomic E-state index is 12.5. The highest BCUT2D eigenvalue weighted by Gasteiger charge is 2.44. The monoisotopic (exact) mass is 454 g/mol. The zero-order chi connectivity index (χ0) is 23.7. The number of unbranched alkanes of at least 4 members (excludes halogenated alkanes) is 5. The maximum atomic E-state index is 12.5. The summed E-state index contributed by atoms with van der Waals surface area (Å²) in [6.07, 6.45) is 10.9. The highest BCUT2D eigenvalue weighted by molar-refractivity contribution is 5.79. The smallest absolute Gasteiger partial charge is 0.343 e. The van der Waals surface area contributed by atoms with Gasteiger partial charge in [0.15, 0.2) is 11.9 Å². The van der Waals surface area contributed by atoms with Crippen molar-refractivity contribution in [2.45, 2.75) is 77.3 Å². The van der Waals surface area contributed by atoms with Crippen LogP contribution in [0.2, 0.25) is 0 Å². The predicted molar refractivity (Wildman–Crippen MR) is 126 cm³/mol. The van der Waals surface area contributed by atoms with E-state index in [0.717, 1.165) is 17.5 Å². The van der Waals surface area contributed by atoms with Crippen molar-refractivity contribution in [3.05, 3.63) is 49.3 Å². The van der Waals surface area contributed by atoms with Crippen LogP contribution < -0.4 is 9.47 Å².